The van der Waals surface area contributed by atoms with Gasteiger partial charge in [-0.2, -0.15) is 0 Å². The van der Waals surface area contributed by atoms with E-state index in [9.17, 15) is 0 Å². The molecule has 106 valence electrons. The molecule has 3 aromatic rings. The van der Waals surface area contributed by atoms with Crippen LogP contribution in [0.4, 0.5) is 5.69 Å². The number of para-hydroxylation sites is 1. The van der Waals surface area contributed by atoms with Gasteiger partial charge < -0.3 is 0 Å². The first kappa shape index (κ1) is 13.5. The standard InChI is InChI=1S/C17H18N4/c1-3-12-21-16-7-5-4-6-15(16)17(19-20-21)18-14-10-8-13(2)9-11-14/h4-11H,3,12H2,1-2H3. The highest BCUT2D eigenvalue weighted by atomic mass is 15.4. The maximum Gasteiger partial charge on any atom is 0.186 e. The van der Waals surface area contributed by atoms with Crippen LogP contribution in [0.3, 0.4) is 0 Å². The summed E-state index contributed by atoms with van der Waals surface area (Å²) in [6.07, 6.45) is 1.03. The fourth-order valence-corrected chi connectivity index (χ4v) is 2.29. The maximum atomic E-state index is 4.62. The summed E-state index contributed by atoms with van der Waals surface area (Å²) in [6, 6.07) is 16.2. The highest BCUT2D eigenvalue weighted by Gasteiger charge is 2.02. The second kappa shape index (κ2) is 5.87. The Labute approximate surface area is 123 Å². The molecule has 0 radical (unpaired) electrons. The normalized spacial score (nSPS) is 12.0. The number of aromatic nitrogens is 3. The van der Waals surface area contributed by atoms with Gasteiger partial charge in [0.1, 0.15) is 0 Å². The van der Waals surface area contributed by atoms with Gasteiger partial charge in [-0.15, -0.1) is 5.10 Å². The zero-order valence-corrected chi connectivity index (χ0v) is 12.3. The molecule has 0 saturated carbocycles. The molecule has 1 heterocycles. The zero-order valence-electron chi connectivity index (χ0n) is 12.3. The lowest BCUT2D eigenvalue weighted by molar-refractivity contribution is 0.568. The Balaban J connectivity index is 2.19. The van der Waals surface area contributed by atoms with E-state index in [-0.39, 0.29) is 0 Å². The third-order valence-corrected chi connectivity index (χ3v) is 3.37. The summed E-state index contributed by atoms with van der Waals surface area (Å²) in [6.45, 7) is 5.06. The second-order valence-corrected chi connectivity index (χ2v) is 5.10. The van der Waals surface area contributed by atoms with Crippen molar-refractivity contribution in [1.29, 1.82) is 0 Å². The van der Waals surface area contributed by atoms with Crippen LogP contribution in [-0.2, 0) is 6.54 Å². The van der Waals surface area contributed by atoms with Crippen LogP contribution >= 0.6 is 0 Å². The van der Waals surface area contributed by atoms with E-state index < -0.39 is 0 Å². The van der Waals surface area contributed by atoms with Gasteiger partial charge in [0.05, 0.1) is 11.2 Å². The van der Waals surface area contributed by atoms with Crippen LogP contribution in [0, 0.1) is 6.92 Å². The van der Waals surface area contributed by atoms with Crippen LogP contribution in [0.1, 0.15) is 18.9 Å². The topological polar surface area (TPSA) is 43.1 Å². The van der Waals surface area contributed by atoms with E-state index in [4.69, 9.17) is 0 Å². The van der Waals surface area contributed by atoms with Gasteiger partial charge >= 0.3 is 0 Å². The molecule has 0 saturated heterocycles. The Hall–Kier alpha value is -2.49. The van der Waals surface area contributed by atoms with Gasteiger partial charge in [0.2, 0.25) is 0 Å². The van der Waals surface area contributed by atoms with E-state index in [0.717, 1.165) is 29.6 Å². The van der Waals surface area contributed by atoms with Crippen molar-refractivity contribution in [3.8, 4) is 0 Å². The molecule has 0 fully saturated rings. The Kier molecular flexibility index (Phi) is 3.77. The molecule has 0 N–H and O–H groups in total. The van der Waals surface area contributed by atoms with Crippen molar-refractivity contribution in [3.63, 3.8) is 0 Å². The van der Waals surface area contributed by atoms with Crippen molar-refractivity contribution in [2.45, 2.75) is 26.8 Å². The first-order valence-corrected chi connectivity index (χ1v) is 7.22. The minimum atomic E-state index is 0.668. The molecular formula is C17H18N4. The zero-order chi connectivity index (χ0) is 14.7. The molecule has 3 rings (SSSR count). The lowest BCUT2D eigenvalue weighted by atomic mass is 10.2. The van der Waals surface area contributed by atoms with Gasteiger partial charge in [0.15, 0.2) is 5.49 Å². The molecule has 0 aliphatic rings. The van der Waals surface area contributed by atoms with Crippen LogP contribution in [0.15, 0.2) is 53.5 Å². The number of rotatable bonds is 3. The molecule has 0 unspecified atom stereocenters. The molecular weight excluding hydrogens is 260 g/mol. The van der Waals surface area contributed by atoms with Crippen molar-refractivity contribution in [3.05, 3.63) is 59.6 Å². The Morgan fingerprint density at radius 3 is 2.57 bits per heavy atom. The summed E-state index contributed by atoms with van der Waals surface area (Å²) in [4.78, 5) is 4.62. The van der Waals surface area contributed by atoms with Crippen molar-refractivity contribution < 1.29 is 0 Å². The molecule has 4 heteroatoms. The monoisotopic (exact) mass is 278 g/mol. The summed E-state index contributed by atoms with van der Waals surface area (Å²) in [7, 11) is 0. The fourth-order valence-electron chi connectivity index (χ4n) is 2.29. The van der Waals surface area contributed by atoms with Crippen LogP contribution in [0.25, 0.3) is 10.9 Å². The lowest BCUT2D eigenvalue weighted by Gasteiger charge is -2.07. The Morgan fingerprint density at radius 1 is 1.05 bits per heavy atom. The van der Waals surface area contributed by atoms with Gasteiger partial charge in [0, 0.05) is 11.9 Å². The Morgan fingerprint density at radius 2 is 1.81 bits per heavy atom. The molecule has 0 bridgehead atoms. The summed E-state index contributed by atoms with van der Waals surface area (Å²) in [5, 5.41) is 9.60. The lowest BCUT2D eigenvalue weighted by Crippen LogP contribution is -2.18. The van der Waals surface area contributed by atoms with Crippen molar-refractivity contribution in [2.75, 3.05) is 0 Å². The van der Waals surface area contributed by atoms with Crippen molar-refractivity contribution in [1.82, 2.24) is 15.0 Å². The molecule has 21 heavy (non-hydrogen) atoms. The van der Waals surface area contributed by atoms with Crippen LogP contribution in [0.2, 0.25) is 0 Å². The molecule has 0 spiro atoms. The minimum Gasteiger partial charge on any atom is -0.246 e. The van der Waals surface area contributed by atoms with Crippen LogP contribution in [0.5, 0.6) is 0 Å². The van der Waals surface area contributed by atoms with Crippen LogP contribution in [-0.4, -0.2) is 15.0 Å². The van der Waals surface area contributed by atoms with Crippen molar-refractivity contribution in [2.24, 2.45) is 4.99 Å². The molecule has 1 aromatic heterocycles. The number of hydrogen-bond acceptors (Lipinski definition) is 3. The van der Waals surface area contributed by atoms with Gasteiger partial charge in [-0.05, 0) is 37.6 Å². The smallest absolute Gasteiger partial charge is 0.186 e. The van der Waals surface area contributed by atoms with E-state index in [1.165, 1.54) is 5.56 Å². The van der Waals surface area contributed by atoms with E-state index in [0.29, 0.717) is 5.49 Å². The predicted molar refractivity (Wildman–Crippen MR) is 84.2 cm³/mol. The molecule has 0 amide bonds. The summed E-state index contributed by atoms with van der Waals surface area (Å²) in [5.74, 6) is 0. The molecule has 4 nitrogen and oxygen atoms in total. The van der Waals surface area contributed by atoms with Gasteiger partial charge in [-0.1, -0.05) is 42.0 Å². The highest BCUT2D eigenvalue weighted by molar-refractivity contribution is 5.77. The number of fused-ring (bicyclic) bond motifs is 1. The summed E-state index contributed by atoms with van der Waals surface area (Å²) >= 11 is 0. The second-order valence-electron chi connectivity index (χ2n) is 5.10. The largest absolute Gasteiger partial charge is 0.246 e. The fraction of sp³-hybridized carbons (Fsp3) is 0.235. The average Bonchev–Trinajstić information content (AvgIpc) is 2.52. The van der Waals surface area contributed by atoms with E-state index in [1.54, 1.807) is 0 Å². The van der Waals surface area contributed by atoms with E-state index in [2.05, 4.69) is 47.4 Å². The number of benzene rings is 2. The van der Waals surface area contributed by atoms with Gasteiger partial charge in [0.25, 0.3) is 0 Å². The first-order valence-electron chi connectivity index (χ1n) is 7.22. The summed E-state index contributed by atoms with van der Waals surface area (Å²) in [5.41, 5.74) is 3.86. The highest BCUT2D eigenvalue weighted by Crippen LogP contribution is 2.13. The number of aryl methyl sites for hydroxylation is 2. The molecule has 2 aromatic carbocycles. The average molecular weight is 278 g/mol. The van der Waals surface area contributed by atoms with E-state index >= 15 is 0 Å². The first-order chi connectivity index (χ1) is 10.3. The van der Waals surface area contributed by atoms with Crippen LogP contribution < -0.4 is 5.49 Å². The predicted octanol–water partition coefficient (Wildman–Crippen LogP) is 3.38. The van der Waals surface area contributed by atoms with Crippen molar-refractivity contribution >= 4 is 16.6 Å². The molecule has 0 aliphatic carbocycles. The molecule has 0 atom stereocenters. The quantitative estimate of drug-likeness (QED) is 0.737. The number of nitrogens with zero attached hydrogens (tertiary/aromatic N) is 4. The SMILES string of the molecule is CCCn1nnc(=Nc2ccc(C)cc2)c2ccccc21. The molecule has 0 aliphatic heterocycles. The minimum absolute atomic E-state index is 0.668. The third-order valence-electron chi connectivity index (χ3n) is 3.37. The number of hydrogen-bond donors (Lipinski definition) is 0. The van der Waals surface area contributed by atoms with Gasteiger partial charge in [-0.25, -0.2) is 9.67 Å². The third kappa shape index (κ3) is 2.84. The van der Waals surface area contributed by atoms with E-state index in [1.807, 2.05) is 35.0 Å². The summed E-state index contributed by atoms with van der Waals surface area (Å²) < 4.78 is 1.93. The maximum absolute atomic E-state index is 4.62. The Bertz CT molecular complexity index is 816. The van der Waals surface area contributed by atoms with Gasteiger partial charge in [-0.3, -0.25) is 0 Å².